The van der Waals surface area contributed by atoms with Crippen molar-refractivity contribution in [1.82, 2.24) is 15.2 Å². The van der Waals surface area contributed by atoms with E-state index in [-0.39, 0.29) is 17.1 Å². The lowest BCUT2D eigenvalue weighted by molar-refractivity contribution is -0.122. The lowest BCUT2D eigenvalue weighted by Gasteiger charge is -2.38. The van der Waals surface area contributed by atoms with Gasteiger partial charge in [-0.25, -0.2) is 0 Å². The number of rotatable bonds is 4. The number of nitrogens with one attached hydrogen (secondary N) is 2. The number of nitrogens with zero attached hydrogens (tertiary/aromatic N) is 2. The number of primary amides is 1. The number of anilines is 1. The number of carbonyl (C=O) groups excluding carboxylic acids is 2. The molecule has 0 fully saturated rings. The molecule has 0 spiro atoms. The Kier molecular flexibility index (Phi) is 5.16. The molecule has 0 radical (unpaired) electrons. The van der Waals surface area contributed by atoms with Crippen molar-refractivity contribution < 1.29 is 9.59 Å². The van der Waals surface area contributed by atoms with E-state index in [4.69, 9.17) is 5.73 Å². The molecule has 0 saturated carbocycles. The third-order valence-corrected chi connectivity index (χ3v) is 6.54. The van der Waals surface area contributed by atoms with Crippen molar-refractivity contribution in [3.8, 4) is 0 Å². The van der Waals surface area contributed by atoms with Gasteiger partial charge in [0, 0.05) is 39.8 Å². The van der Waals surface area contributed by atoms with Crippen molar-refractivity contribution in [2.75, 3.05) is 5.32 Å². The van der Waals surface area contributed by atoms with E-state index in [1.165, 1.54) is 0 Å². The SMILES string of the molecule is CC1(C)CC(=O)C2=C(C1)Nc1n[nH]c(C(C)(C)C(N)=O)c1C2/C=C/c1ccc(Br)cn1. The molecule has 2 aromatic rings. The van der Waals surface area contributed by atoms with Gasteiger partial charge in [0.2, 0.25) is 5.91 Å². The van der Waals surface area contributed by atoms with Crippen LogP contribution in [0.4, 0.5) is 5.82 Å². The van der Waals surface area contributed by atoms with E-state index in [9.17, 15) is 9.59 Å². The summed E-state index contributed by atoms with van der Waals surface area (Å²) in [6.07, 6.45) is 6.81. The second-order valence-electron chi connectivity index (χ2n) is 9.55. The Hall–Kier alpha value is -2.74. The molecule has 1 aliphatic carbocycles. The minimum absolute atomic E-state index is 0.104. The van der Waals surface area contributed by atoms with Crippen molar-refractivity contribution in [1.29, 1.82) is 0 Å². The lowest BCUT2D eigenvalue weighted by Crippen LogP contribution is -2.38. The molecule has 1 atom stereocenters. The summed E-state index contributed by atoms with van der Waals surface area (Å²) in [5.41, 5.74) is 8.38. The van der Waals surface area contributed by atoms with E-state index < -0.39 is 11.3 Å². The summed E-state index contributed by atoms with van der Waals surface area (Å²) in [7, 11) is 0. The van der Waals surface area contributed by atoms with Crippen LogP contribution in [0.1, 0.15) is 63.4 Å². The first-order chi connectivity index (χ1) is 14.5. The number of pyridine rings is 1. The number of allylic oxidation sites excluding steroid dienone is 3. The smallest absolute Gasteiger partial charge is 0.229 e. The van der Waals surface area contributed by atoms with Gasteiger partial charge in [-0.05, 0) is 59.8 Å². The van der Waals surface area contributed by atoms with Gasteiger partial charge in [0.25, 0.3) is 0 Å². The van der Waals surface area contributed by atoms with Crippen LogP contribution in [-0.2, 0) is 15.0 Å². The molecule has 0 aromatic carbocycles. The van der Waals surface area contributed by atoms with E-state index in [0.717, 1.165) is 33.4 Å². The molecular weight excluding hydrogens is 458 g/mol. The highest BCUT2D eigenvalue weighted by Gasteiger charge is 2.44. The van der Waals surface area contributed by atoms with Gasteiger partial charge < -0.3 is 11.1 Å². The topological polar surface area (TPSA) is 114 Å². The highest BCUT2D eigenvalue weighted by molar-refractivity contribution is 9.10. The summed E-state index contributed by atoms with van der Waals surface area (Å²) in [6, 6.07) is 3.81. The van der Waals surface area contributed by atoms with Gasteiger partial charge in [0.1, 0.15) is 0 Å². The molecule has 3 heterocycles. The molecule has 4 N–H and O–H groups in total. The molecule has 31 heavy (non-hydrogen) atoms. The van der Waals surface area contributed by atoms with Gasteiger partial charge in [-0.1, -0.05) is 19.9 Å². The highest BCUT2D eigenvalue weighted by atomic mass is 79.9. The van der Waals surface area contributed by atoms with Gasteiger partial charge in [-0.3, -0.25) is 19.7 Å². The molecule has 162 valence electrons. The zero-order valence-corrected chi connectivity index (χ0v) is 19.6. The van der Waals surface area contributed by atoms with Crippen molar-refractivity contribution in [3.05, 3.63) is 57.1 Å². The molecule has 7 nitrogen and oxygen atoms in total. The number of aromatic nitrogens is 3. The first-order valence-corrected chi connectivity index (χ1v) is 11.0. The Bertz CT molecular complexity index is 1130. The maximum absolute atomic E-state index is 13.3. The molecule has 1 amide bonds. The van der Waals surface area contributed by atoms with E-state index in [1.807, 2.05) is 24.3 Å². The van der Waals surface area contributed by atoms with Crippen molar-refractivity contribution in [3.63, 3.8) is 0 Å². The van der Waals surface area contributed by atoms with Crippen LogP contribution in [0, 0.1) is 5.41 Å². The predicted octanol–water partition coefficient (Wildman–Crippen LogP) is 4.20. The first-order valence-electron chi connectivity index (χ1n) is 10.2. The summed E-state index contributed by atoms with van der Waals surface area (Å²) in [4.78, 5) is 29.9. The number of fused-ring (bicyclic) bond motifs is 1. The molecule has 0 bridgehead atoms. The monoisotopic (exact) mass is 483 g/mol. The number of halogens is 1. The van der Waals surface area contributed by atoms with Crippen LogP contribution in [0.25, 0.3) is 6.08 Å². The van der Waals surface area contributed by atoms with Crippen molar-refractivity contribution in [2.45, 2.75) is 51.9 Å². The van der Waals surface area contributed by atoms with Crippen LogP contribution in [0.5, 0.6) is 0 Å². The Balaban J connectivity index is 1.87. The van der Waals surface area contributed by atoms with E-state index in [1.54, 1.807) is 20.0 Å². The maximum Gasteiger partial charge on any atom is 0.229 e. The van der Waals surface area contributed by atoms with Gasteiger partial charge >= 0.3 is 0 Å². The number of Topliss-reactive ketones (excluding diaryl/α,β-unsaturated/α-hetero) is 1. The van der Waals surface area contributed by atoms with Crippen molar-refractivity contribution in [2.24, 2.45) is 11.1 Å². The molecule has 2 aliphatic rings. The lowest BCUT2D eigenvalue weighted by atomic mass is 9.69. The Morgan fingerprint density at radius 2 is 2.06 bits per heavy atom. The Morgan fingerprint density at radius 1 is 1.32 bits per heavy atom. The number of carbonyl (C=O) groups is 2. The maximum atomic E-state index is 13.3. The second-order valence-corrected chi connectivity index (χ2v) is 10.5. The molecule has 2 aromatic heterocycles. The number of hydrogen-bond acceptors (Lipinski definition) is 5. The fourth-order valence-electron chi connectivity index (χ4n) is 4.32. The van der Waals surface area contributed by atoms with E-state index in [0.29, 0.717) is 17.9 Å². The molecule has 8 heteroatoms. The summed E-state index contributed by atoms with van der Waals surface area (Å²) in [5, 5.41) is 10.8. The number of hydrogen-bond donors (Lipinski definition) is 3. The Morgan fingerprint density at radius 3 is 2.71 bits per heavy atom. The second kappa shape index (κ2) is 7.44. The third-order valence-electron chi connectivity index (χ3n) is 6.07. The largest absolute Gasteiger partial charge is 0.369 e. The number of nitrogens with two attached hydrogens (primary N) is 1. The molecule has 1 unspecified atom stereocenters. The van der Waals surface area contributed by atoms with Crippen LogP contribution in [0.2, 0.25) is 0 Å². The molecule has 1 aliphatic heterocycles. The fourth-order valence-corrected chi connectivity index (χ4v) is 4.55. The third kappa shape index (κ3) is 3.84. The van der Waals surface area contributed by atoms with Crippen LogP contribution < -0.4 is 11.1 Å². The van der Waals surface area contributed by atoms with Gasteiger partial charge in [0.15, 0.2) is 11.6 Å². The van der Waals surface area contributed by atoms with Gasteiger partial charge in [0.05, 0.1) is 16.8 Å². The number of H-pyrrole nitrogens is 1. The fraction of sp³-hybridized carbons (Fsp3) is 0.391. The van der Waals surface area contributed by atoms with Crippen molar-refractivity contribution >= 4 is 39.5 Å². The minimum Gasteiger partial charge on any atom is -0.369 e. The van der Waals surface area contributed by atoms with Crippen LogP contribution in [0.3, 0.4) is 0 Å². The Labute approximate surface area is 189 Å². The molecule has 4 rings (SSSR count). The normalized spacial score (nSPS) is 20.4. The summed E-state index contributed by atoms with van der Waals surface area (Å²) < 4.78 is 0.892. The summed E-state index contributed by atoms with van der Waals surface area (Å²) in [5.74, 6) is -0.0846. The van der Waals surface area contributed by atoms with E-state index in [2.05, 4.69) is 50.3 Å². The zero-order chi connectivity index (χ0) is 22.6. The predicted molar refractivity (Wildman–Crippen MR) is 123 cm³/mol. The average molecular weight is 484 g/mol. The minimum atomic E-state index is -0.973. The molecule has 0 saturated heterocycles. The summed E-state index contributed by atoms with van der Waals surface area (Å²) in [6.45, 7) is 7.70. The average Bonchev–Trinajstić information content (AvgIpc) is 3.09. The van der Waals surface area contributed by atoms with Crippen LogP contribution >= 0.6 is 15.9 Å². The van der Waals surface area contributed by atoms with Gasteiger partial charge in [-0.2, -0.15) is 5.10 Å². The van der Waals surface area contributed by atoms with Gasteiger partial charge in [-0.15, -0.1) is 0 Å². The van der Waals surface area contributed by atoms with E-state index >= 15 is 0 Å². The first kappa shape index (κ1) is 21.5. The summed E-state index contributed by atoms with van der Waals surface area (Å²) >= 11 is 3.40. The molecular formula is C23H26BrN5O2. The van der Waals surface area contributed by atoms with Crippen LogP contribution in [-0.4, -0.2) is 26.9 Å². The van der Waals surface area contributed by atoms with Crippen LogP contribution in [0.15, 0.2) is 40.1 Å². The highest BCUT2D eigenvalue weighted by Crippen LogP contribution is 2.49. The number of amides is 1. The zero-order valence-electron chi connectivity index (χ0n) is 18.0. The quantitative estimate of drug-likeness (QED) is 0.602. The number of ketones is 1. The standard InChI is InChI=1S/C23H26BrN5O2/c1-22(2)9-15-17(16(30)10-22)14(8-7-13-6-5-12(24)11-26-13)18-19(23(3,4)21(25)31)28-29-20(18)27-15/h5-8,11,14H,9-10H2,1-4H3,(H2,25,31)(H2,27,28,29)/b8-7+. The number of aromatic amines is 1.